The molecule has 4 aromatic rings. The van der Waals surface area contributed by atoms with Gasteiger partial charge in [0.1, 0.15) is 23.0 Å². The number of esters is 1. The van der Waals surface area contributed by atoms with Crippen molar-refractivity contribution in [3.05, 3.63) is 65.8 Å². The number of benzene rings is 1. The average Bonchev–Trinajstić information content (AvgIpc) is 3.66. The summed E-state index contributed by atoms with van der Waals surface area (Å²) < 4.78 is 17.5. The Morgan fingerprint density at radius 2 is 1.91 bits per heavy atom. The second-order valence-electron chi connectivity index (χ2n) is 11.8. The Balaban J connectivity index is 1.17. The summed E-state index contributed by atoms with van der Waals surface area (Å²) in [5.41, 5.74) is 1.81. The molecule has 1 aromatic carbocycles. The van der Waals surface area contributed by atoms with Crippen molar-refractivity contribution in [1.82, 2.24) is 25.5 Å². The Labute approximate surface area is 261 Å². The molecule has 1 saturated carbocycles. The van der Waals surface area contributed by atoms with Crippen molar-refractivity contribution in [3.63, 3.8) is 0 Å². The molecule has 11 nitrogen and oxygen atoms in total. The molecule has 6 rings (SSSR count). The van der Waals surface area contributed by atoms with E-state index in [0.29, 0.717) is 68.0 Å². The fourth-order valence-corrected chi connectivity index (χ4v) is 6.40. The van der Waals surface area contributed by atoms with Gasteiger partial charge in [0.05, 0.1) is 12.6 Å². The van der Waals surface area contributed by atoms with Gasteiger partial charge in [-0.05, 0) is 56.7 Å². The van der Waals surface area contributed by atoms with Gasteiger partial charge in [0.2, 0.25) is 17.7 Å². The third kappa shape index (κ3) is 6.29. The van der Waals surface area contributed by atoms with Gasteiger partial charge in [0, 0.05) is 35.9 Å². The first kappa shape index (κ1) is 30.4. The number of ether oxygens (including phenoxy) is 2. The van der Waals surface area contributed by atoms with Crippen LogP contribution < -0.4 is 10.1 Å². The Morgan fingerprint density at radius 1 is 1.09 bits per heavy atom. The highest BCUT2D eigenvalue weighted by atomic mass is 16.6. The van der Waals surface area contributed by atoms with Crippen LogP contribution in [0.4, 0.5) is 0 Å². The molecule has 0 saturated heterocycles. The van der Waals surface area contributed by atoms with Crippen LogP contribution in [0.25, 0.3) is 22.4 Å². The smallest absolute Gasteiger partial charge is 0.358 e. The zero-order chi connectivity index (χ0) is 31.4. The van der Waals surface area contributed by atoms with E-state index in [0.717, 1.165) is 35.7 Å². The minimum absolute atomic E-state index is 0.101. The molecule has 1 amide bonds. The van der Waals surface area contributed by atoms with E-state index >= 15 is 0 Å². The maximum Gasteiger partial charge on any atom is 0.358 e. The first-order chi connectivity index (χ1) is 21.9. The lowest BCUT2D eigenvalue weighted by molar-refractivity contribution is -0.129. The monoisotopic (exact) mass is 611 g/mol. The van der Waals surface area contributed by atoms with Crippen molar-refractivity contribution >= 4 is 28.6 Å². The number of carbonyl (C=O) groups excluding carboxylic acids is 3. The van der Waals surface area contributed by atoms with Gasteiger partial charge >= 0.3 is 5.97 Å². The first-order valence-corrected chi connectivity index (χ1v) is 15.7. The van der Waals surface area contributed by atoms with Gasteiger partial charge in [-0.2, -0.15) is 0 Å². The van der Waals surface area contributed by atoms with E-state index in [4.69, 9.17) is 13.9 Å². The van der Waals surface area contributed by atoms with E-state index in [1.165, 1.54) is 0 Å². The lowest BCUT2D eigenvalue weighted by atomic mass is 9.75. The minimum atomic E-state index is -0.721. The highest BCUT2D eigenvalue weighted by Gasteiger charge is 2.49. The number of nitrogens with zero attached hydrogens (tertiary/aromatic N) is 4. The molecule has 1 aliphatic carbocycles. The largest absolute Gasteiger partial charge is 0.480 e. The highest BCUT2D eigenvalue weighted by Crippen LogP contribution is 2.47. The predicted molar refractivity (Wildman–Crippen MR) is 164 cm³/mol. The van der Waals surface area contributed by atoms with Gasteiger partial charge in [0.15, 0.2) is 5.69 Å². The van der Waals surface area contributed by atoms with Crippen LogP contribution in [0.5, 0.6) is 5.88 Å². The topological polar surface area (TPSA) is 146 Å². The SMILES string of the molecule is CCC(=O)CCCCC[C@@H](NC(=O)C1CCC2(CC1)OC(=O)c1ncccc12)c1nnc(-c2cc3ccccc3nc2OC)o1. The number of hydrogen-bond donors (Lipinski definition) is 1. The highest BCUT2D eigenvalue weighted by molar-refractivity contribution is 5.92. The normalized spacial score (nSPS) is 19.7. The van der Waals surface area contributed by atoms with Crippen molar-refractivity contribution < 1.29 is 28.3 Å². The van der Waals surface area contributed by atoms with E-state index in [-0.39, 0.29) is 23.5 Å². The number of carbonyl (C=O) groups is 3. The van der Waals surface area contributed by atoms with Crippen LogP contribution in [0, 0.1) is 5.92 Å². The van der Waals surface area contributed by atoms with Gasteiger partial charge in [0.25, 0.3) is 5.89 Å². The molecule has 45 heavy (non-hydrogen) atoms. The van der Waals surface area contributed by atoms with Crippen LogP contribution in [-0.4, -0.2) is 44.9 Å². The molecule has 1 atom stereocenters. The Morgan fingerprint density at radius 3 is 2.71 bits per heavy atom. The first-order valence-electron chi connectivity index (χ1n) is 15.7. The van der Waals surface area contributed by atoms with Crippen LogP contribution >= 0.6 is 0 Å². The number of pyridine rings is 2. The number of para-hydroxylation sites is 1. The molecule has 11 heteroatoms. The number of rotatable bonds is 12. The maximum atomic E-state index is 13.6. The van der Waals surface area contributed by atoms with E-state index in [9.17, 15) is 14.4 Å². The number of hydrogen-bond acceptors (Lipinski definition) is 10. The Kier molecular flexibility index (Phi) is 8.86. The molecule has 0 radical (unpaired) electrons. The van der Waals surface area contributed by atoms with Gasteiger partial charge < -0.3 is 19.2 Å². The molecule has 1 aliphatic heterocycles. The molecule has 1 spiro atoms. The molecule has 0 bridgehead atoms. The quantitative estimate of drug-likeness (QED) is 0.149. The second kappa shape index (κ2) is 13.1. The number of fused-ring (bicyclic) bond motifs is 3. The molecule has 3 aromatic heterocycles. The van der Waals surface area contributed by atoms with E-state index < -0.39 is 17.6 Å². The van der Waals surface area contributed by atoms with E-state index in [1.807, 2.05) is 49.4 Å². The van der Waals surface area contributed by atoms with Crippen LogP contribution in [0.15, 0.2) is 53.1 Å². The third-order valence-electron chi connectivity index (χ3n) is 8.95. The predicted octanol–water partition coefficient (Wildman–Crippen LogP) is 6.03. The van der Waals surface area contributed by atoms with E-state index in [2.05, 4.69) is 25.5 Å². The van der Waals surface area contributed by atoms with Crippen molar-refractivity contribution in [2.75, 3.05) is 7.11 Å². The summed E-state index contributed by atoms with van der Waals surface area (Å²) in [6, 6.07) is 12.8. The van der Waals surface area contributed by atoms with Gasteiger partial charge in [-0.1, -0.05) is 44.0 Å². The number of methoxy groups -OCH3 is 1. The number of aromatic nitrogens is 4. The van der Waals surface area contributed by atoms with Gasteiger partial charge in [-0.25, -0.2) is 14.8 Å². The van der Waals surface area contributed by atoms with E-state index in [1.54, 1.807) is 13.3 Å². The summed E-state index contributed by atoms with van der Waals surface area (Å²) in [6.45, 7) is 1.88. The van der Waals surface area contributed by atoms with Crippen molar-refractivity contribution in [2.24, 2.45) is 5.92 Å². The summed E-state index contributed by atoms with van der Waals surface area (Å²) in [7, 11) is 1.54. The molecule has 234 valence electrons. The Bertz CT molecular complexity index is 1710. The van der Waals surface area contributed by atoms with Gasteiger partial charge in [-0.3, -0.25) is 9.59 Å². The molecule has 4 heterocycles. The summed E-state index contributed by atoms with van der Waals surface area (Å²) in [4.78, 5) is 46.7. The lowest BCUT2D eigenvalue weighted by Gasteiger charge is -2.36. The molecule has 2 aliphatic rings. The lowest BCUT2D eigenvalue weighted by Crippen LogP contribution is -2.40. The van der Waals surface area contributed by atoms with Crippen molar-refractivity contribution in [1.29, 1.82) is 0 Å². The number of unbranched alkanes of at least 4 members (excludes halogenated alkanes) is 2. The molecule has 1 fully saturated rings. The van der Waals surface area contributed by atoms with Crippen LogP contribution in [-0.2, 0) is 19.9 Å². The zero-order valence-corrected chi connectivity index (χ0v) is 25.6. The average molecular weight is 612 g/mol. The number of nitrogens with one attached hydrogen (secondary N) is 1. The fraction of sp³-hybridized carbons (Fsp3) is 0.441. The standard InChI is InChI=1S/C34H37N5O6/c1-3-23(40)11-5-4-6-14-27(32-39-38-31(44-32)24-20-22-10-7-8-13-26(22)37-30(24)43-2)36-29(41)21-15-17-34(18-16-21)25-12-9-19-35-28(25)33(42)45-34/h7-10,12-13,19-21,27H,3-6,11,14-18H2,1-2H3,(H,36,41)/t21?,27-,34?/m1/s1. The Hall–Kier alpha value is -4.67. The number of amides is 1. The van der Waals surface area contributed by atoms with Crippen LogP contribution in [0.3, 0.4) is 0 Å². The summed E-state index contributed by atoms with van der Waals surface area (Å²) in [6.07, 6.45) is 7.89. The van der Waals surface area contributed by atoms with Crippen molar-refractivity contribution in [3.8, 4) is 17.3 Å². The molecular weight excluding hydrogens is 574 g/mol. The molecule has 1 N–H and O–H groups in total. The third-order valence-corrected chi connectivity index (χ3v) is 8.95. The fourth-order valence-electron chi connectivity index (χ4n) is 6.40. The maximum absolute atomic E-state index is 13.6. The summed E-state index contributed by atoms with van der Waals surface area (Å²) >= 11 is 0. The van der Waals surface area contributed by atoms with Crippen LogP contribution in [0.1, 0.15) is 99.1 Å². The zero-order valence-electron chi connectivity index (χ0n) is 25.6. The summed E-state index contributed by atoms with van der Waals surface area (Å²) in [5, 5.41) is 12.7. The van der Waals surface area contributed by atoms with Crippen molar-refractivity contribution in [2.45, 2.75) is 82.8 Å². The minimum Gasteiger partial charge on any atom is -0.480 e. The number of Topliss-reactive ketones (excluding diaryl/α,β-unsaturated/α-hetero) is 1. The molecule has 0 unspecified atom stereocenters. The van der Waals surface area contributed by atoms with Crippen LogP contribution in [0.2, 0.25) is 0 Å². The molecular formula is C34H37N5O6. The second-order valence-corrected chi connectivity index (χ2v) is 11.8. The number of ketones is 1. The van der Waals surface area contributed by atoms with Gasteiger partial charge in [-0.15, -0.1) is 10.2 Å². The summed E-state index contributed by atoms with van der Waals surface area (Å²) in [5.74, 6) is 0.410.